The summed E-state index contributed by atoms with van der Waals surface area (Å²) in [6, 6.07) is 7.24. The number of nitrogens with one attached hydrogen (secondary N) is 1. The maximum absolute atomic E-state index is 12.1. The summed E-state index contributed by atoms with van der Waals surface area (Å²) >= 11 is 0. The van der Waals surface area contributed by atoms with E-state index in [9.17, 15) is 14.7 Å². The summed E-state index contributed by atoms with van der Waals surface area (Å²) in [6.07, 6.45) is 0.661. The molecular weight excluding hydrogens is 284 g/mol. The Morgan fingerprint density at radius 3 is 2.77 bits per heavy atom. The first-order chi connectivity index (χ1) is 10.6. The second kappa shape index (κ2) is 7.91. The van der Waals surface area contributed by atoms with Crippen LogP contribution in [0.5, 0.6) is 0 Å². The highest BCUT2D eigenvalue weighted by atomic mass is 16.5. The fraction of sp³-hybridized carbons (Fsp3) is 0.500. The zero-order chi connectivity index (χ0) is 15.9. The van der Waals surface area contributed by atoms with Gasteiger partial charge in [-0.25, -0.2) is 0 Å². The Labute approximate surface area is 130 Å². The van der Waals surface area contributed by atoms with Gasteiger partial charge >= 0.3 is 11.8 Å². The predicted molar refractivity (Wildman–Crippen MR) is 82.2 cm³/mol. The van der Waals surface area contributed by atoms with Gasteiger partial charge in [0.05, 0.1) is 12.7 Å². The minimum absolute atomic E-state index is 0.373. The lowest BCUT2D eigenvalue weighted by molar-refractivity contribution is -0.144. The van der Waals surface area contributed by atoms with E-state index >= 15 is 0 Å². The Balaban J connectivity index is 1.92. The van der Waals surface area contributed by atoms with Gasteiger partial charge in [0.1, 0.15) is 0 Å². The molecule has 2 amide bonds. The first-order valence-corrected chi connectivity index (χ1v) is 7.55. The van der Waals surface area contributed by atoms with E-state index < -0.39 is 11.8 Å². The van der Waals surface area contributed by atoms with Crippen molar-refractivity contribution in [1.82, 2.24) is 4.90 Å². The molecule has 1 heterocycles. The molecule has 22 heavy (non-hydrogen) atoms. The molecule has 2 N–H and O–H groups in total. The van der Waals surface area contributed by atoms with Crippen molar-refractivity contribution in [3.05, 3.63) is 29.8 Å². The highest BCUT2D eigenvalue weighted by molar-refractivity contribution is 6.39. The van der Waals surface area contributed by atoms with Crippen LogP contribution in [-0.2, 0) is 20.9 Å². The summed E-state index contributed by atoms with van der Waals surface area (Å²) in [6.45, 7) is 3.84. The number of piperidine rings is 1. The van der Waals surface area contributed by atoms with Gasteiger partial charge in [0.25, 0.3) is 0 Å². The zero-order valence-corrected chi connectivity index (χ0v) is 12.7. The normalized spacial score (nSPS) is 15.6. The number of rotatable bonds is 4. The number of anilines is 1. The number of hydrogen-bond acceptors (Lipinski definition) is 4. The van der Waals surface area contributed by atoms with Crippen LogP contribution in [0.25, 0.3) is 0 Å². The monoisotopic (exact) mass is 306 g/mol. The van der Waals surface area contributed by atoms with Crippen LogP contribution in [0.2, 0.25) is 0 Å². The van der Waals surface area contributed by atoms with Gasteiger partial charge in [0.15, 0.2) is 0 Å². The summed E-state index contributed by atoms with van der Waals surface area (Å²) in [5.74, 6) is -1.20. The summed E-state index contributed by atoms with van der Waals surface area (Å²) in [7, 11) is 0. The summed E-state index contributed by atoms with van der Waals surface area (Å²) in [5.41, 5.74) is 1.51. The molecular formula is C16H22N2O4. The molecule has 1 aromatic carbocycles. The van der Waals surface area contributed by atoms with Crippen molar-refractivity contribution >= 4 is 17.5 Å². The quantitative estimate of drug-likeness (QED) is 0.818. The molecule has 0 aliphatic carbocycles. The van der Waals surface area contributed by atoms with Crippen molar-refractivity contribution in [3.8, 4) is 0 Å². The van der Waals surface area contributed by atoms with E-state index in [-0.39, 0.29) is 6.10 Å². The van der Waals surface area contributed by atoms with Crippen molar-refractivity contribution in [2.24, 2.45) is 0 Å². The van der Waals surface area contributed by atoms with Gasteiger partial charge in [-0.3, -0.25) is 9.59 Å². The molecule has 1 aliphatic rings. The fourth-order valence-corrected chi connectivity index (χ4v) is 2.36. The molecule has 2 rings (SSSR count). The second-order valence-electron chi connectivity index (χ2n) is 5.32. The third kappa shape index (κ3) is 4.54. The molecule has 1 aromatic rings. The first kappa shape index (κ1) is 16.5. The SMILES string of the molecule is CCOCc1cccc(NC(=O)C(=O)N2CCC(O)CC2)c1. The lowest BCUT2D eigenvalue weighted by atomic mass is 10.1. The van der Waals surface area contributed by atoms with Gasteiger partial charge < -0.3 is 20.1 Å². The van der Waals surface area contributed by atoms with Crippen LogP contribution in [0.15, 0.2) is 24.3 Å². The van der Waals surface area contributed by atoms with E-state index in [4.69, 9.17) is 4.74 Å². The Morgan fingerprint density at radius 2 is 2.09 bits per heavy atom. The molecule has 0 radical (unpaired) electrons. The number of ether oxygens (including phenoxy) is 1. The van der Waals surface area contributed by atoms with E-state index in [1.54, 1.807) is 12.1 Å². The van der Waals surface area contributed by atoms with Crippen LogP contribution in [0.4, 0.5) is 5.69 Å². The first-order valence-electron chi connectivity index (χ1n) is 7.55. The zero-order valence-electron chi connectivity index (χ0n) is 12.7. The van der Waals surface area contributed by atoms with Gasteiger partial charge in [-0.2, -0.15) is 0 Å². The smallest absolute Gasteiger partial charge is 0.313 e. The lowest BCUT2D eigenvalue weighted by Crippen LogP contribution is -2.45. The lowest BCUT2D eigenvalue weighted by Gasteiger charge is -2.28. The van der Waals surface area contributed by atoms with E-state index in [0.29, 0.717) is 44.8 Å². The molecule has 1 saturated heterocycles. The van der Waals surface area contributed by atoms with Crippen LogP contribution in [0, 0.1) is 0 Å². The number of benzene rings is 1. The average molecular weight is 306 g/mol. The number of carbonyl (C=O) groups excluding carboxylic acids is 2. The minimum atomic E-state index is -0.648. The number of hydrogen-bond donors (Lipinski definition) is 2. The topological polar surface area (TPSA) is 78.9 Å². The molecule has 1 fully saturated rings. The van der Waals surface area contributed by atoms with E-state index in [1.165, 1.54) is 4.90 Å². The Bertz CT molecular complexity index is 525. The largest absolute Gasteiger partial charge is 0.393 e. The Morgan fingerprint density at radius 1 is 1.36 bits per heavy atom. The number of amides is 2. The second-order valence-corrected chi connectivity index (χ2v) is 5.32. The van der Waals surface area contributed by atoms with Gasteiger partial charge in [0.2, 0.25) is 0 Å². The van der Waals surface area contributed by atoms with Crippen molar-refractivity contribution in [3.63, 3.8) is 0 Å². The molecule has 6 heteroatoms. The van der Waals surface area contributed by atoms with Crippen molar-refractivity contribution in [1.29, 1.82) is 0 Å². The van der Waals surface area contributed by atoms with Gasteiger partial charge in [-0.05, 0) is 37.5 Å². The van der Waals surface area contributed by atoms with Crippen LogP contribution >= 0.6 is 0 Å². The molecule has 1 aliphatic heterocycles. The molecule has 0 atom stereocenters. The summed E-state index contributed by atoms with van der Waals surface area (Å²) < 4.78 is 5.32. The average Bonchev–Trinajstić information content (AvgIpc) is 2.53. The fourth-order valence-electron chi connectivity index (χ4n) is 2.36. The third-order valence-corrected chi connectivity index (χ3v) is 3.60. The maximum Gasteiger partial charge on any atom is 0.313 e. The minimum Gasteiger partial charge on any atom is -0.393 e. The van der Waals surface area contributed by atoms with Crippen molar-refractivity contribution in [2.45, 2.75) is 32.5 Å². The number of aliphatic hydroxyl groups is 1. The molecule has 0 aromatic heterocycles. The van der Waals surface area contributed by atoms with Crippen LogP contribution in [-0.4, -0.2) is 47.6 Å². The summed E-state index contributed by atoms with van der Waals surface area (Å²) in [5, 5.41) is 12.1. The van der Waals surface area contributed by atoms with Crippen molar-refractivity contribution < 1.29 is 19.4 Å². The molecule has 120 valence electrons. The number of likely N-dealkylation sites (tertiary alicyclic amines) is 1. The third-order valence-electron chi connectivity index (χ3n) is 3.60. The number of carbonyl (C=O) groups is 2. The number of aliphatic hydroxyl groups excluding tert-OH is 1. The Kier molecular flexibility index (Phi) is 5.91. The number of nitrogens with zero attached hydrogens (tertiary/aromatic N) is 1. The van der Waals surface area contributed by atoms with Crippen LogP contribution < -0.4 is 5.32 Å². The molecule has 0 saturated carbocycles. The standard InChI is InChI=1S/C16H22N2O4/c1-2-22-11-12-4-3-5-13(10-12)17-15(20)16(21)18-8-6-14(19)7-9-18/h3-5,10,14,19H,2,6-9,11H2,1H3,(H,17,20). The van der Waals surface area contributed by atoms with Gasteiger partial charge in [0, 0.05) is 25.4 Å². The van der Waals surface area contributed by atoms with E-state index in [2.05, 4.69) is 5.32 Å². The highest BCUT2D eigenvalue weighted by Crippen LogP contribution is 2.13. The maximum atomic E-state index is 12.1. The van der Waals surface area contributed by atoms with Gasteiger partial charge in [-0.15, -0.1) is 0 Å². The molecule has 0 spiro atoms. The summed E-state index contributed by atoms with van der Waals surface area (Å²) in [4.78, 5) is 25.6. The molecule has 6 nitrogen and oxygen atoms in total. The van der Waals surface area contributed by atoms with Crippen LogP contribution in [0.3, 0.4) is 0 Å². The Hall–Kier alpha value is -1.92. The highest BCUT2D eigenvalue weighted by Gasteiger charge is 2.26. The van der Waals surface area contributed by atoms with E-state index in [0.717, 1.165) is 5.56 Å². The van der Waals surface area contributed by atoms with E-state index in [1.807, 2.05) is 19.1 Å². The molecule has 0 unspecified atom stereocenters. The molecule has 0 bridgehead atoms. The van der Waals surface area contributed by atoms with Gasteiger partial charge in [-0.1, -0.05) is 12.1 Å². The van der Waals surface area contributed by atoms with Crippen LogP contribution in [0.1, 0.15) is 25.3 Å². The van der Waals surface area contributed by atoms with Crippen molar-refractivity contribution in [2.75, 3.05) is 25.0 Å². The predicted octanol–water partition coefficient (Wildman–Crippen LogP) is 1.14.